The first kappa shape index (κ1) is 14.3. The average molecular weight is 292 g/mol. The van der Waals surface area contributed by atoms with E-state index in [0.717, 1.165) is 0 Å². The molecule has 0 bridgehead atoms. The topological polar surface area (TPSA) is 0 Å². The molecule has 0 saturated heterocycles. The SMILES string of the molecule is CC(C)(C)P(c1ccccc1)c1cccc2ccccc12. The molecule has 3 aromatic carbocycles. The minimum atomic E-state index is -0.392. The van der Waals surface area contributed by atoms with Gasteiger partial charge in [-0.1, -0.05) is 93.6 Å². The molecule has 3 rings (SSSR count). The van der Waals surface area contributed by atoms with Gasteiger partial charge in [0.05, 0.1) is 0 Å². The fraction of sp³-hybridized carbons (Fsp3) is 0.200. The summed E-state index contributed by atoms with van der Waals surface area (Å²) in [7, 11) is -0.392. The molecule has 0 aliphatic carbocycles. The van der Waals surface area contributed by atoms with Crippen LogP contribution in [0.1, 0.15) is 20.8 Å². The van der Waals surface area contributed by atoms with Crippen LogP contribution in [0.25, 0.3) is 10.8 Å². The Bertz CT molecular complexity index is 733. The first-order valence-electron chi connectivity index (χ1n) is 7.40. The Morgan fingerprint density at radius 3 is 2.00 bits per heavy atom. The summed E-state index contributed by atoms with van der Waals surface area (Å²) in [5, 5.41) is 5.91. The van der Waals surface area contributed by atoms with Crippen LogP contribution >= 0.6 is 7.92 Å². The summed E-state index contributed by atoms with van der Waals surface area (Å²) in [6, 6.07) is 26.4. The number of benzene rings is 3. The molecule has 0 aliphatic heterocycles. The van der Waals surface area contributed by atoms with E-state index in [-0.39, 0.29) is 5.16 Å². The second-order valence-corrected chi connectivity index (χ2v) is 9.35. The monoisotopic (exact) mass is 292 g/mol. The van der Waals surface area contributed by atoms with Crippen molar-refractivity contribution in [3.63, 3.8) is 0 Å². The zero-order valence-corrected chi connectivity index (χ0v) is 13.8. The van der Waals surface area contributed by atoms with Crippen LogP contribution in [-0.2, 0) is 0 Å². The lowest BCUT2D eigenvalue weighted by Crippen LogP contribution is -2.26. The molecule has 0 amide bonds. The second kappa shape index (κ2) is 5.62. The van der Waals surface area contributed by atoms with Gasteiger partial charge in [0, 0.05) is 0 Å². The third kappa shape index (κ3) is 2.87. The van der Waals surface area contributed by atoms with Crippen molar-refractivity contribution in [2.75, 3.05) is 0 Å². The van der Waals surface area contributed by atoms with Gasteiger partial charge in [-0.3, -0.25) is 0 Å². The van der Waals surface area contributed by atoms with Gasteiger partial charge in [-0.05, 0) is 34.5 Å². The Hall–Kier alpha value is -1.65. The van der Waals surface area contributed by atoms with E-state index < -0.39 is 7.92 Å². The first-order valence-corrected chi connectivity index (χ1v) is 8.74. The zero-order valence-electron chi connectivity index (χ0n) is 12.9. The maximum absolute atomic E-state index is 2.35. The fourth-order valence-corrected chi connectivity index (χ4v) is 5.79. The molecular weight excluding hydrogens is 271 g/mol. The minimum Gasteiger partial charge on any atom is -0.0622 e. The van der Waals surface area contributed by atoms with E-state index in [4.69, 9.17) is 0 Å². The highest BCUT2D eigenvalue weighted by molar-refractivity contribution is 7.74. The van der Waals surface area contributed by atoms with Crippen LogP contribution in [0, 0.1) is 0 Å². The van der Waals surface area contributed by atoms with Gasteiger partial charge in [-0.25, -0.2) is 0 Å². The molecule has 0 spiro atoms. The van der Waals surface area contributed by atoms with Crippen LogP contribution in [0.2, 0.25) is 0 Å². The summed E-state index contributed by atoms with van der Waals surface area (Å²) in [6.45, 7) is 7.06. The predicted molar refractivity (Wildman–Crippen MR) is 96.3 cm³/mol. The standard InChI is InChI=1S/C20H21P/c1-20(2,3)21(17-12-5-4-6-13-17)19-15-9-11-16-10-7-8-14-18(16)19/h4-15H,1-3H3. The molecule has 1 atom stereocenters. The molecule has 3 aromatic rings. The van der Waals surface area contributed by atoms with E-state index >= 15 is 0 Å². The summed E-state index contributed by atoms with van der Waals surface area (Å²) in [5.74, 6) is 0. The van der Waals surface area contributed by atoms with E-state index in [1.165, 1.54) is 21.4 Å². The Balaban J connectivity index is 2.25. The minimum absolute atomic E-state index is 0.237. The lowest BCUT2D eigenvalue weighted by atomic mass is 10.1. The highest BCUT2D eigenvalue weighted by Crippen LogP contribution is 2.48. The summed E-state index contributed by atoms with van der Waals surface area (Å²) < 4.78 is 0. The maximum Gasteiger partial charge on any atom is -0.00989 e. The van der Waals surface area contributed by atoms with Crippen molar-refractivity contribution in [1.29, 1.82) is 0 Å². The van der Waals surface area contributed by atoms with Crippen molar-refractivity contribution in [2.45, 2.75) is 25.9 Å². The lowest BCUT2D eigenvalue weighted by Gasteiger charge is -2.33. The normalized spacial score (nSPS) is 13.3. The molecule has 0 saturated carbocycles. The zero-order chi connectivity index (χ0) is 14.9. The Labute approximate surface area is 128 Å². The van der Waals surface area contributed by atoms with Gasteiger partial charge in [-0.15, -0.1) is 0 Å². The van der Waals surface area contributed by atoms with Crippen molar-refractivity contribution in [1.82, 2.24) is 0 Å². The van der Waals surface area contributed by atoms with Crippen LogP contribution in [0.5, 0.6) is 0 Å². The van der Waals surface area contributed by atoms with E-state index in [1.54, 1.807) is 0 Å². The number of hydrogen-bond acceptors (Lipinski definition) is 0. The van der Waals surface area contributed by atoms with Crippen molar-refractivity contribution in [3.05, 3.63) is 72.8 Å². The molecule has 0 nitrogen and oxygen atoms in total. The van der Waals surface area contributed by atoms with Crippen LogP contribution in [0.3, 0.4) is 0 Å². The van der Waals surface area contributed by atoms with E-state index in [9.17, 15) is 0 Å². The van der Waals surface area contributed by atoms with Crippen molar-refractivity contribution < 1.29 is 0 Å². The van der Waals surface area contributed by atoms with Gasteiger partial charge < -0.3 is 0 Å². The third-order valence-electron chi connectivity index (χ3n) is 3.69. The highest BCUT2D eigenvalue weighted by atomic mass is 31.1. The van der Waals surface area contributed by atoms with Crippen molar-refractivity contribution in [2.24, 2.45) is 0 Å². The Morgan fingerprint density at radius 1 is 0.667 bits per heavy atom. The highest BCUT2D eigenvalue weighted by Gasteiger charge is 2.28. The maximum atomic E-state index is 2.35. The van der Waals surface area contributed by atoms with Crippen LogP contribution < -0.4 is 10.6 Å². The summed E-state index contributed by atoms with van der Waals surface area (Å²) >= 11 is 0. The van der Waals surface area contributed by atoms with Gasteiger partial charge in [0.1, 0.15) is 0 Å². The van der Waals surface area contributed by atoms with Gasteiger partial charge in [-0.2, -0.15) is 0 Å². The number of fused-ring (bicyclic) bond motifs is 1. The fourth-order valence-electron chi connectivity index (χ4n) is 2.87. The molecule has 1 unspecified atom stereocenters. The molecule has 0 aliphatic rings. The molecule has 21 heavy (non-hydrogen) atoms. The van der Waals surface area contributed by atoms with Crippen LogP contribution in [0.4, 0.5) is 0 Å². The smallest absolute Gasteiger partial charge is 0.00989 e. The van der Waals surface area contributed by atoms with E-state index in [1.807, 2.05) is 0 Å². The third-order valence-corrected chi connectivity index (χ3v) is 6.72. The largest absolute Gasteiger partial charge is 0.0622 e. The summed E-state index contributed by atoms with van der Waals surface area (Å²) in [4.78, 5) is 0. The van der Waals surface area contributed by atoms with Crippen molar-refractivity contribution in [3.8, 4) is 0 Å². The molecule has 0 aromatic heterocycles. The molecule has 0 radical (unpaired) electrons. The van der Waals surface area contributed by atoms with Gasteiger partial charge in [0.25, 0.3) is 0 Å². The predicted octanol–water partition coefficient (Wildman–Crippen LogP) is 5.07. The quantitative estimate of drug-likeness (QED) is 0.578. The summed E-state index contributed by atoms with van der Waals surface area (Å²) in [6.07, 6.45) is 0. The molecule has 0 N–H and O–H groups in total. The van der Waals surface area contributed by atoms with Gasteiger partial charge >= 0.3 is 0 Å². The Kier molecular flexibility index (Phi) is 3.83. The second-order valence-electron chi connectivity index (χ2n) is 6.34. The van der Waals surface area contributed by atoms with Gasteiger partial charge in [0.15, 0.2) is 0 Å². The lowest BCUT2D eigenvalue weighted by molar-refractivity contribution is 0.793. The first-order chi connectivity index (χ1) is 10.1. The molecule has 106 valence electrons. The van der Waals surface area contributed by atoms with Crippen molar-refractivity contribution >= 4 is 29.3 Å². The van der Waals surface area contributed by atoms with Gasteiger partial charge in [0.2, 0.25) is 0 Å². The molecule has 1 heteroatoms. The van der Waals surface area contributed by atoms with Crippen LogP contribution in [0.15, 0.2) is 72.8 Å². The molecule has 0 heterocycles. The Morgan fingerprint density at radius 2 is 1.29 bits per heavy atom. The molecule has 0 fully saturated rings. The molecular formula is C20H21P. The summed E-state index contributed by atoms with van der Waals surface area (Å²) in [5.41, 5.74) is 0. The van der Waals surface area contributed by atoms with E-state index in [0.29, 0.717) is 0 Å². The number of hydrogen-bond donors (Lipinski definition) is 0. The van der Waals surface area contributed by atoms with Crippen LogP contribution in [-0.4, -0.2) is 5.16 Å². The number of rotatable bonds is 2. The van der Waals surface area contributed by atoms with E-state index in [2.05, 4.69) is 93.6 Å². The average Bonchev–Trinajstić information content (AvgIpc) is 2.47.